The number of para-hydroxylation sites is 2. The minimum atomic E-state index is 0.161. The molecular formula is C60H41N7. The molecule has 0 aliphatic rings. The van der Waals surface area contributed by atoms with Gasteiger partial charge in [-0.05, 0) is 53.6 Å². The standard InChI is InChI=1S/C60H41N7/c61-58(47-31-14-13-30-46(47)40-20-5-1-6-21-40)64-60(43-26-11-4-12-27-43)65-67-53-35-18-16-33-49(53)57-55(67)37-36-54-56(57)48-32-15-17-34-52(48)66(54)45-29-19-28-44(38-45)51-39-50(41-22-7-2-8-23-41)62-59(63-51)42-24-9-3-10-25-42/h1-39H,(H2,61,64,65). The van der Waals surface area contributed by atoms with Gasteiger partial charge < -0.3 is 4.57 Å². The summed E-state index contributed by atoms with van der Waals surface area (Å²) in [4.78, 5) is 15.3. The van der Waals surface area contributed by atoms with Crippen LogP contribution < -0.4 is 5.43 Å². The van der Waals surface area contributed by atoms with E-state index in [1.165, 1.54) is 0 Å². The third kappa shape index (κ3) is 7.12. The molecule has 3 aromatic heterocycles. The summed E-state index contributed by atoms with van der Waals surface area (Å²) in [6, 6.07) is 81.1. The van der Waals surface area contributed by atoms with E-state index in [1.807, 2.05) is 103 Å². The molecule has 67 heavy (non-hydrogen) atoms. The molecule has 12 aromatic rings. The van der Waals surface area contributed by atoms with Gasteiger partial charge in [0, 0.05) is 55.0 Å². The van der Waals surface area contributed by atoms with Gasteiger partial charge in [0.2, 0.25) is 0 Å². The molecule has 0 bridgehead atoms. The molecule has 0 aliphatic carbocycles. The van der Waals surface area contributed by atoms with E-state index in [1.54, 1.807) is 0 Å². The number of aromatic nitrogens is 4. The number of amidine groups is 2. The Morgan fingerprint density at radius 3 is 1.70 bits per heavy atom. The number of hydrogen-bond donors (Lipinski definition) is 2. The topological polar surface area (TPSA) is 83.9 Å². The van der Waals surface area contributed by atoms with Crippen LogP contribution in [0.3, 0.4) is 0 Å². The molecule has 0 atom stereocenters. The molecule has 0 amide bonds. The highest BCUT2D eigenvalue weighted by Crippen LogP contribution is 2.41. The van der Waals surface area contributed by atoms with Crippen LogP contribution in [0.2, 0.25) is 0 Å². The smallest absolute Gasteiger partial charge is 0.160 e. The second-order valence-corrected chi connectivity index (χ2v) is 16.5. The maximum atomic E-state index is 9.46. The fourth-order valence-electron chi connectivity index (χ4n) is 9.38. The van der Waals surface area contributed by atoms with E-state index >= 15 is 0 Å². The number of fused-ring (bicyclic) bond motifs is 7. The van der Waals surface area contributed by atoms with Crippen LogP contribution in [0.25, 0.3) is 94.3 Å². The zero-order chi connectivity index (χ0) is 44.7. The Bertz CT molecular complexity index is 3780. The minimum absolute atomic E-state index is 0.161. The van der Waals surface area contributed by atoms with Crippen molar-refractivity contribution in [1.29, 1.82) is 5.41 Å². The summed E-state index contributed by atoms with van der Waals surface area (Å²) in [6.07, 6.45) is 0. The Morgan fingerprint density at radius 2 is 0.970 bits per heavy atom. The summed E-state index contributed by atoms with van der Waals surface area (Å²) in [5.41, 5.74) is 17.2. The van der Waals surface area contributed by atoms with Crippen molar-refractivity contribution >= 4 is 55.3 Å². The molecule has 316 valence electrons. The molecule has 0 saturated carbocycles. The summed E-state index contributed by atoms with van der Waals surface area (Å²) in [7, 11) is 0. The number of nitrogens with zero attached hydrogens (tertiary/aromatic N) is 5. The average molecular weight is 860 g/mol. The van der Waals surface area contributed by atoms with Gasteiger partial charge >= 0.3 is 0 Å². The quantitative estimate of drug-likeness (QED) is 0.118. The molecule has 9 aromatic carbocycles. The fourth-order valence-corrected chi connectivity index (χ4v) is 9.38. The second kappa shape index (κ2) is 16.7. The number of aliphatic imine (C=N–C) groups is 1. The van der Waals surface area contributed by atoms with Crippen molar-refractivity contribution in [2.45, 2.75) is 0 Å². The first-order valence-corrected chi connectivity index (χ1v) is 22.4. The van der Waals surface area contributed by atoms with Crippen LogP contribution in [-0.2, 0) is 0 Å². The van der Waals surface area contributed by atoms with E-state index in [2.05, 4.69) is 148 Å². The van der Waals surface area contributed by atoms with Gasteiger partial charge in [0.25, 0.3) is 0 Å². The normalized spacial score (nSPS) is 11.7. The van der Waals surface area contributed by atoms with Crippen LogP contribution in [0.4, 0.5) is 0 Å². The van der Waals surface area contributed by atoms with E-state index in [0.717, 1.165) is 99.6 Å². The number of hydrogen-bond acceptors (Lipinski definition) is 3. The van der Waals surface area contributed by atoms with Crippen LogP contribution in [-0.4, -0.2) is 30.9 Å². The Labute approximate surface area is 387 Å². The number of rotatable bonds is 8. The molecule has 0 spiro atoms. The highest BCUT2D eigenvalue weighted by atomic mass is 15.4. The van der Waals surface area contributed by atoms with Crippen LogP contribution in [0.15, 0.2) is 242 Å². The first kappa shape index (κ1) is 39.4. The van der Waals surface area contributed by atoms with Crippen LogP contribution in [0, 0.1) is 5.41 Å². The Morgan fingerprint density at radius 1 is 0.433 bits per heavy atom. The van der Waals surface area contributed by atoms with Gasteiger partial charge in [0.15, 0.2) is 17.5 Å². The van der Waals surface area contributed by atoms with Crippen molar-refractivity contribution in [2.24, 2.45) is 4.99 Å². The van der Waals surface area contributed by atoms with Gasteiger partial charge in [-0.25, -0.2) is 15.0 Å². The highest BCUT2D eigenvalue weighted by molar-refractivity contribution is 6.29. The van der Waals surface area contributed by atoms with Gasteiger partial charge in [-0.1, -0.05) is 194 Å². The summed E-state index contributed by atoms with van der Waals surface area (Å²) < 4.78 is 4.50. The fraction of sp³-hybridized carbons (Fsp3) is 0. The average Bonchev–Trinajstić information content (AvgIpc) is 3.91. The summed E-state index contributed by atoms with van der Waals surface area (Å²) in [5.74, 6) is 1.40. The maximum Gasteiger partial charge on any atom is 0.160 e. The van der Waals surface area contributed by atoms with Gasteiger partial charge in [-0.15, -0.1) is 0 Å². The molecule has 7 nitrogen and oxygen atoms in total. The molecule has 12 rings (SSSR count). The van der Waals surface area contributed by atoms with Crippen molar-refractivity contribution in [2.75, 3.05) is 5.43 Å². The zero-order valence-corrected chi connectivity index (χ0v) is 36.3. The molecule has 7 heteroatoms. The molecule has 0 saturated heterocycles. The number of nitrogens with one attached hydrogen (secondary N) is 2. The Balaban J connectivity index is 1.02. The van der Waals surface area contributed by atoms with Crippen LogP contribution >= 0.6 is 0 Å². The minimum Gasteiger partial charge on any atom is -0.309 e. The van der Waals surface area contributed by atoms with Crippen molar-refractivity contribution in [3.63, 3.8) is 0 Å². The molecule has 0 unspecified atom stereocenters. The molecule has 0 radical (unpaired) electrons. The largest absolute Gasteiger partial charge is 0.309 e. The van der Waals surface area contributed by atoms with Crippen molar-refractivity contribution < 1.29 is 0 Å². The number of benzene rings is 9. The molecule has 0 fully saturated rings. The summed E-state index contributed by atoms with van der Waals surface area (Å²) in [5, 5.41) is 14.0. The van der Waals surface area contributed by atoms with Gasteiger partial charge in [-0.3, -0.25) is 15.5 Å². The summed E-state index contributed by atoms with van der Waals surface area (Å²) >= 11 is 0. The van der Waals surface area contributed by atoms with Crippen LogP contribution in [0.1, 0.15) is 11.1 Å². The van der Waals surface area contributed by atoms with E-state index < -0.39 is 0 Å². The Kier molecular flexibility index (Phi) is 9.84. The van der Waals surface area contributed by atoms with Crippen molar-refractivity contribution in [3.8, 4) is 50.7 Å². The lowest BCUT2D eigenvalue weighted by Crippen LogP contribution is -2.25. The van der Waals surface area contributed by atoms with Crippen molar-refractivity contribution in [1.82, 2.24) is 19.2 Å². The van der Waals surface area contributed by atoms with Crippen LogP contribution in [0.5, 0.6) is 0 Å². The lowest BCUT2D eigenvalue weighted by molar-refractivity contribution is 1.08. The van der Waals surface area contributed by atoms with E-state index in [9.17, 15) is 5.41 Å². The maximum absolute atomic E-state index is 9.46. The summed E-state index contributed by atoms with van der Waals surface area (Å²) in [6.45, 7) is 0. The third-order valence-corrected chi connectivity index (χ3v) is 12.5. The second-order valence-electron chi connectivity index (χ2n) is 16.5. The molecular weight excluding hydrogens is 819 g/mol. The Hall–Kier alpha value is -9.20. The first-order chi connectivity index (χ1) is 33.2. The predicted octanol–water partition coefficient (Wildman–Crippen LogP) is 14.4. The third-order valence-electron chi connectivity index (χ3n) is 12.5. The predicted molar refractivity (Wildman–Crippen MR) is 277 cm³/mol. The first-order valence-electron chi connectivity index (χ1n) is 22.4. The van der Waals surface area contributed by atoms with E-state index in [4.69, 9.17) is 15.0 Å². The highest BCUT2D eigenvalue weighted by Gasteiger charge is 2.22. The molecule has 2 N–H and O–H groups in total. The molecule has 3 heterocycles. The van der Waals surface area contributed by atoms with Gasteiger partial charge in [0.1, 0.15) is 0 Å². The van der Waals surface area contributed by atoms with Crippen molar-refractivity contribution in [3.05, 3.63) is 248 Å². The lowest BCUT2D eigenvalue weighted by atomic mass is 9.99. The van der Waals surface area contributed by atoms with E-state index in [-0.39, 0.29) is 5.84 Å². The monoisotopic (exact) mass is 859 g/mol. The lowest BCUT2D eigenvalue weighted by Gasteiger charge is -2.15. The zero-order valence-electron chi connectivity index (χ0n) is 36.3. The molecule has 0 aliphatic heterocycles. The van der Waals surface area contributed by atoms with Gasteiger partial charge in [0.05, 0.1) is 33.5 Å². The SMILES string of the molecule is N=C(N=C(Nn1c2ccccc2c2c3c4ccccc4n(-c4cccc(-c5cc(-c6ccccc6)nc(-c6ccccc6)n5)c4)c3ccc21)c1ccccc1)c1ccccc1-c1ccccc1. The van der Waals surface area contributed by atoms with E-state index in [0.29, 0.717) is 11.7 Å². The van der Waals surface area contributed by atoms with Gasteiger partial charge in [-0.2, -0.15) is 0 Å².